The normalized spacial score (nSPS) is 16.8. The van der Waals surface area contributed by atoms with E-state index in [2.05, 4.69) is 0 Å². The summed E-state index contributed by atoms with van der Waals surface area (Å²) < 4.78 is 39.2. The third-order valence-electron chi connectivity index (χ3n) is 6.32. The first-order chi connectivity index (χ1) is 18.2. The number of aliphatic hydroxyl groups excluding tert-OH is 1. The molecule has 1 aliphatic rings. The van der Waals surface area contributed by atoms with E-state index >= 15 is 0 Å². The molecular formula is C30H29F2NO5. The van der Waals surface area contributed by atoms with Gasteiger partial charge in [-0.3, -0.25) is 14.5 Å². The summed E-state index contributed by atoms with van der Waals surface area (Å²) in [5.41, 5.74) is 1.40. The molecule has 1 fully saturated rings. The van der Waals surface area contributed by atoms with E-state index in [0.717, 1.165) is 22.6 Å². The zero-order chi connectivity index (χ0) is 27.6. The van der Waals surface area contributed by atoms with Crippen LogP contribution in [0.4, 0.5) is 14.5 Å². The van der Waals surface area contributed by atoms with Crippen molar-refractivity contribution < 1.29 is 33.0 Å². The molecule has 0 spiro atoms. The molecule has 1 N–H and O–H groups in total. The van der Waals surface area contributed by atoms with Gasteiger partial charge in [0.2, 0.25) is 0 Å². The third kappa shape index (κ3) is 4.98. The number of anilines is 1. The number of hydrogen-bond donors (Lipinski definition) is 1. The van der Waals surface area contributed by atoms with Gasteiger partial charge in [0.1, 0.15) is 17.3 Å². The van der Waals surface area contributed by atoms with Crippen LogP contribution in [0.1, 0.15) is 56.3 Å². The second kappa shape index (κ2) is 11.0. The number of nitrogens with zero attached hydrogens (tertiary/aromatic N) is 1. The molecule has 1 aliphatic heterocycles. The Morgan fingerprint density at radius 3 is 2.34 bits per heavy atom. The van der Waals surface area contributed by atoms with Crippen LogP contribution >= 0.6 is 0 Å². The van der Waals surface area contributed by atoms with E-state index in [1.807, 2.05) is 27.7 Å². The second-order valence-electron chi connectivity index (χ2n) is 9.11. The quantitative estimate of drug-likeness (QED) is 0.208. The second-order valence-corrected chi connectivity index (χ2v) is 9.11. The fraction of sp³-hybridized carbons (Fsp3) is 0.267. The minimum Gasteiger partial charge on any atom is -0.507 e. The molecular weight excluding hydrogens is 492 g/mol. The molecule has 3 aromatic rings. The number of carbonyl (C=O) groups excluding carboxylic acids is 2. The van der Waals surface area contributed by atoms with Gasteiger partial charge in [-0.25, -0.2) is 8.78 Å². The molecule has 1 saturated heterocycles. The van der Waals surface area contributed by atoms with Gasteiger partial charge in [-0.15, -0.1) is 0 Å². The van der Waals surface area contributed by atoms with Crippen molar-refractivity contribution in [2.24, 2.45) is 0 Å². The van der Waals surface area contributed by atoms with Crippen molar-refractivity contribution in [2.75, 3.05) is 18.1 Å². The van der Waals surface area contributed by atoms with Crippen molar-refractivity contribution in [3.8, 4) is 11.5 Å². The summed E-state index contributed by atoms with van der Waals surface area (Å²) in [6.45, 7) is 8.48. The fourth-order valence-electron chi connectivity index (χ4n) is 4.58. The number of benzene rings is 3. The molecule has 1 atom stereocenters. The zero-order valence-corrected chi connectivity index (χ0v) is 21.6. The Morgan fingerprint density at radius 1 is 0.947 bits per heavy atom. The van der Waals surface area contributed by atoms with Crippen molar-refractivity contribution in [2.45, 2.75) is 39.7 Å². The first-order valence-corrected chi connectivity index (χ1v) is 12.4. The topological polar surface area (TPSA) is 76.1 Å². The van der Waals surface area contributed by atoms with Crippen LogP contribution in [0.25, 0.3) is 5.76 Å². The monoisotopic (exact) mass is 521 g/mol. The predicted molar refractivity (Wildman–Crippen MR) is 140 cm³/mol. The average Bonchev–Trinajstić information content (AvgIpc) is 3.16. The maximum absolute atomic E-state index is 14.2. The number of amides is 1. The van der Waals surface area contributed by atoms with Gasteiger partial charge in [-0.1, -0.05) is 26.0 Å². The van der Waals surface area contributed by atoms with Gasteiger partial charge in [0.25, 0.3) is 11.7 Å². The summed E-state index contributed by atoms with van der Waals surface area (Å²) in [7, 11) is 0. The van der Waals surface area contributed by atoms with E-state index < -0.39 is 29.4 Å². The Kier molecular flexibility index (Phi) is 7.80. The van der Waals surface area contributed by atoms with Gasteiger partial charge in [-0.2, -0.15) is 0 Å². The predicted octanol–water partition coefficient (Wildman–Crippen LogP) is 6.51. The summed E-state index contributed by atoms with van der Waals surface area (Å²) in [6, 6.07) is 13.6. The van der Waals surface area contributed by atoms with Crippen LogP contribution in [-0.4, -0.2) is 30.0 Å². The molecule has 1 unspecified atom stereocenters. The molecule has 38 heavy (non-hydrogen) atoms. The number of aliphatic hydroxyl groups is 1. The number of ether oxygens (including phenoxy) is 2. The molecule has 1 heterocycles. The first kappa shape index (κ1) is 26.9. The lowest BCUT2D eigenvalue weighted by molar-refractivity contribution is -0.132. The van der Waals surface area contributed by atoms with Crippen LogP contribution < -0.4 is 14.4 Å². The Hall–Kier alpha value is -4.20. The number of hydrogen-bond acceptors (Lipinski definition) is 5. The van der Waals surface area contributed by atoms with E-state index in [1.54, 1.807) is 42.5 Å². The molecule has 0 aromatic heterocycles. The Labute approximate surface area is 220 Å². The highest BCUT2D eigenvalue weighted by molar-refractivity contribution is 6.51. The van der Waals surface area contributed by atoms with E-state index in [9.17, 15) is 23.5 Å². The maximum atomic E-state index is 14.2. The first-order valence-electron chi connectivity index (χ1n) is 12.4. The lowest BCUT2D eigenvalue weighted by Gasteiger charge is -2.26. The Morgan fingerprint density at radius 2 is 1.68 bits per heavy atom. The third-order valence-corrected chi connectivity index (χ3v) is 6.32. The highest BCUT2D eigenvalue weighted by atomic mass is 19.2. The lowest BCUT2D eigenvalue weighted by Crippen LogP contribution is -2.29. The molecule has 3 aromatic carbocycles. The number of Topliss-reactive ketones (excluding diaryl/α,β-unsaturated/α-hetero) is 1. The summed E-state index contributed by atoms with van der Waals surface area (Å²) in [6.07, 6.45) is 0. The van der Waals surface area contributed by atoms with Crippen molar-refractivity contribution in [1.82, 2.24) is 0 Å². The fourth-order valence-corrected chi connectivity index (χ4v) is 4.58. The number of rotatable bonds is 8. The Bertz CT molecular complexity index is 1420. The zero-order valence-electron chi connectivity index (χ0n) is 21.6. The number of ketones is 1. The number of carbonyl (C=O) groups is 2. The molecule has 0 radical (unpaired) electrons. The van der Waals surface area contributed by atoms with E-state index in [0.29, 0.717) is 35.8 Å². The van der Waals surface area contributed by atoms with Gasteiger partial charge in [0, 0.05) is 17.3 Å². The molecule has 0 aliphatic carbocycles. The van der Waals surface area contributed by atoms with Gasteiger partial charge in [0.15, 0.2) is 11.6 Å². The van der Waals surface area contributed by atoms with Crippen LogP contribution in [0, 0.1) is 11.6 Å². The molecule has 198 valence electrons. The summed E-state index contributed by atoms with van der Waals surface area (Å²) in [5.74, 6) is -3.36. The highest BCUT2D eigenvalue weighted by Gasteiger charge is 2.47. The van der Waals surface area contributed by atoms with Gasteiger partial charge >= 0.3 is 0 Å². The van der Waals surface area contributed by atoms with Crippen molar-refractivity contribution >= 4 is 23.1 Å². The van der Waals surface area contributed by atoms with E-state index in [1.165, 1.54) is 6.07 Å². The molecule has 1 amide bonds. The smallest absolute Gasteiger partial charge is 0.300 e. The highest BCUT2D eigenvalue weighted by Crippen LogP contribution is 2.43. The molecule has 6 nitrogen and oxygen atoms in total. The average molecular weight is 522 g/mol. The van der Waals surface area contributed by atoms with Crippen LogP contribution in [-0.2, 0) is 9.59 Å². The maximum Gasteiger partial charge on any atom is 0.300 e. The Balaban J connectivity index is 1.95. The van der Waals surface area contributed by atoms with Crippen molar-refractivity contribution in [3.05, 3.63) is 94.6 Å². The standard InChI is InChI=1S/C30H29F2NO5/c1-5-37-21-9-7-8-18(14-21)27-26(28(34)19-10-13-25(38-6-2)22(15-19)17(3)4)29(35)30(36)33(27)20-11-12-23(31)24(32)16-20/h7-17,27,34H,5-6H2,1-4H3/b28-26+. The minimum absolute atomic E-state index is 0.0218. The van der Waals surface area contributed by atoms with Crippen LogP contribution in [0.5, 0.6) is 11.5 Å². The van der Waals surface area contributed by atoms with Crippen LogP contribution in [0.3, 0.4) is 0 Å². The minimum atomic E-state index is -1.17. The molecule has 0 bridgehead atoms. The van der Waals surface area contributed by atoms with Gasteiger partial charge in [-0.05, 0) is 73.4 Å². The van der Waals surface area contributed by atoms with Gasteiger partial charge < -0.3 is 14.6 Å². The number of halogens is 2. The molecule has 0 saturated carbocycles. The van der Waals surface area contributed by atoms with Gasteiger partial charge in [0.05, 0.1) is 24.8 Å². The van der Waals surface area contributed by atoms with E-state index in [-0.39, 0.29) is 22.9 Å². The lowest BCUT2D eigenvalue weighted by atomic mass is 9.93. The summed E-state index contributed by atoms with van der Waals surface area (Å²) in [4.78, 5) is 27.8. The summed E-state index contributed by atoms with van der Waals surface area (Å²) >= 11 is 0. The largest absolute Gasteiger partial charge is 0.507 e. The SMILES string of the molecule is CCOc1cccc(C2/C(=C(\O)c3ccc(OCC)c(C(C)C)c3)C(=O)C(=O)N2c2ccc(F)c(F)c2)c1. The molecule has 8 heteroatoms. The van der Waals surface area contributed by atoms with Crippen molar-refractivity contribution in [3.63, 3.8) is 0 Å². The van der Waals surface area contributed by atoms with Crippen LogP contribution in [0.15, 0.2) is 66.2 Å². The summed E-state index contributed by atoms with van der Waals surface area (Å²) in [5, 5.41) is 11.5. The van der Waals surface area contributed by atoms with Crippen LogP contribution in [0.2, 0.25) is 0 Å². The van der Waals surface area contributed by atoms with E-state index in [4.69, 9.17) is 9.47 Å². The van der Waals surface area contributed by atoms with Crippen molar-refractivity contribution in [1.29, 1.82) is 0 Å². The molecule has 4 rings (SSSR count).